The van der Waals surface area contributed by atoms with Gasteiger partial charge in [0.1, 0.15) is 0 Å². The van der Waals surface area contributed by atoms with Crippen molar-refractivity contribution in [2.75, 3.05) is 5.73 Å². The van der Waals surface area contributed by atoms with Crippen molar-refractivity contribution < 1.29 is 0 Å². The smallest absolute Gasteiger partial charge is 0.0941 e. The van der Waals surface area contributed by atoms with Crippen molar-refractivity contribution in [3.63, 3.8) is 0 Å². The molecule has 0 atom stereocenters. The van der Waals surface area contributed by atoms with Gasteiger partial charge in [-0.1, -0.05) is 17.7 Å². The van der Waals surface area contributed by atoms with E-state index < -0.39 is 0 Å². The number of fused-ring (bicyclic) bond motifs is 1. The second-order valence-electron chi connectivity index (χ2n) is 2.94. The molecule has 14 heavy (non-hydrogen) atoms. The lowest BCUT2D eigenvalue weighted by Crippen LogP contribution is -1.87. The van der Waals surface area contributed by atoms with Gasteiger partial charge in [0.25, 0.3) is 0 Å². The van der Waals surface area contributed by atoms with E-state index in [0.29, 0.717) is 10.8 Å². The summed E-state index contributed by atoms with van der Waals surface area (Å²) in [5.41, 5.74) is 7.51. The van der Waals surface area contributed by atoms with Crippen LogP contribution in [0.4, 0.5) is 5.69 Å². The van der Waals surface area contributed by atoms with Gasteiger partial charge in [0.15, 0.2) is 0 Å². The van der Waals surface area contributed by atoms with E-state index in [-0.39, 0.29) is 0 Å². The molecule has 0 aliphatic rings. The molecule has 0 aliphatic carbocycles. The molecule has 0 unspecified atom stereocenters. The first-order valence-corrected chi connectivity index (χ1v) is 5.25. The first kappa shape index (κ1) is 9.32. The monoisotopic (exact) mass is 222 g/mol. The van der Waals surface area contributed by atoms with Crippen LogP contribution >= 0.6 is 22.9 Å². The molecule has 0 bridgehead atoms. The minimum atomic E-state index is 0.393. The van der Waals surface area contributed by atoms with Gasteiger partial charge in [-0.2, -0.15) is 5.26 Å². The van der Waals surface area contributed by atoms with Crippen LogP contribution in [0.25, 0.3) is 10.1 Å². The van der Waals surface area contributed by atoms with Crippen LogP contribution in [-0.2, 0) is 6.42 Å². The number of halogens is 1. The second-order valence-corrected chi connectivity index (χ2v) is 4.63. The summed E-state index contributed by atoms with van der Waals surface area (Å²) in [5.74, 6) is 0. The van der Waals surface area contributed by atoms with Gasteiger partial charge in [-0.3, -0.25) is 0 Å². The molecule has 2 rings (SSSR count). The van der Waals surface area contributed by atoms with Crippen molar-refractivity contribution >= 4 is 38.7 Å². The Morgan fingerprint density at radius 2 is 2.29 bits per heavy atom. The molecule has 0 radical (unpaired) electrons. The lowest BCUT2D eigenvalue weighted by molar-refractivity contribution is 1.29. The summed E-state index contributed by atoms with van der Waals surface area (Å²) in [4.78, 5) is 0. The summed E-state index contributed by atoms with van der Waals surface area (Å²) in [6.45, 7) is 0. The van der Waals surface area contributed by atoms with Crippen LogP contribution in [-0.4, -0.2) is 0 Å². The van der Waals surface area contributed by atoms with Crippen LogP contribution in [0.2, 0.25) is 4.34 Å². The molecule has 4 heteroatoms. The number of nitrogens with zero attached hydrogens (tertiary/aromatic N) is 1. The van der Waals surface area contributed by atoms with Gasteiger partial charge in [0, 0.05) is 11.1 Å². The molecule has 0 aliphatic heterocycles. The van der Waals surface area contributed by atoms with Gasteiger partial charge in [-0.05, 0) is 17.7 Å². The molecule has 1 aromatic heterocycles. The Kier molecular flexibility index (Phi) is 2.32. The number of benzene rings is 1. The largest absolute Gasteiger partial charge is 0.398 e. The van der Waals surface area contributed by atoms with Gasteiger partial charge < -0.3 is 5.73 Å². The van der Waals surface area contributed by atoms with E-state index >= 15 is 0 Å². The lowest BCUT2D eigenvalue weighted by atomic mass is 10.1. The van der Waals surface area contributed by atoms with Crippen LogP contribution in [0, 0.1) is 11.3 Å². The van der Waals surface area contributed by atoms with E-state index in [4.69, 9.17) is 22.6 Å². The third-order valence-electron chi connectivity index (χ3n) is 2.04. The fourth-order valence-corrected chi connectivity index (χ4v) is 2.61. The Morgan fingerprint density at radius 3 is 3.00 bits per heavy atom. The quantitative estimate of drug-likeness (QED) is 0.754. The summed E-state index contributed by atoms with van der Waals surface area (Å²) in [6.07, 6.45) is 0.393. The maximum Gasteiger partial charge on any atom is 0.0941 e. The predicted octanol–water partition coefficient (Wildman–Crippen LogP) is 3.20. The van der Waals surface area contributed by atoms with Gasteiger partial charge >= 0.3 is 0 Å². The summed E-state index contributed by atoms with van der Waals surface area (Å²) in [5, 5.41) is 9.65. The van der Waals surface area contributed by atoms with Crippen LogP contribution in [0.5, 0.6) is 0 Å². The number of hydrogen-bond acceptors (Lipinski definition) is 3. The zero-order valence-corrected chi connectivity index (χ0v) is 8.82. The van der Waals surface area contributed by atoms with Crippen molar-refractivity contribution in [2.45, 2.75) is 6.42 Å². The molecule has 2 aromatic rings. The summed E-state index contributed by atoms with van der Waals surface area (Å²) in [7, 11) is 0. The summed E-state index contributed by atoms with van der Waals surface area (Å²) < 4.78 is 1.68. The highest BCUT2D eigenvalue weighted by Gasteiger charge is 2.07. The molecule has 0 fully saturated rings. The normalized spacial score (nSPS) is 10.3. The van der Waals surface area contributed by atoms with E-state index in [9.17, 15) is 0 Å². The fraction of sp³-hybridized carbons (Fsp3) is 0.100. The van der Waals surface area contributed by atoms with Gasteiger partial charge in [0.2, 0.25) is 0 Å². The molecule has 2 N–H and O–H groups in total. The first-order chi connectivity index (χ1) is 6.72. The van der Waals surface area contributed by atoms with E-state index in [1.165, 1.54) is 11.3 Å². The van der Waals surface area contributed by atoms with E-state index in [1.807, 2.05) is 18.2 Å². The topological polar surface area (TPSA) is 49.8 Å². The Morgan fingerprint density at radius 1 is 1.50 bits per heavy atom. The number of nitrogens with two attached hydrogens (primary N) is 1. The van der Waals surface area contributed by atoms with E-state index in [1.54, 1.807) is 0 Å². The summed E-state index contributed by atoms with van der Waals surface area (Å²) in [6, 6.07) is 7.69. The van der Waals surface area contributed by atoms with Crippen molar-refractivity contribution in [1.82, 2.24) is 0 Å². The third kappa shape index (κ3) is 1.43. The molecule has 0 saturated carbocycles. The Bertz CT molecular complexity index is 525. The molecule has 70 valence electrons. The average Bonchev–Trinajstić information content (AvgIpc) is 2.53. The van der Waals surface area contributed by atoms with Gasteiger partial charge in [-0.25, -0.2) is 0 Å². The van der Waals surface area contributed by atoms with Crippen LogP contribution < -0.4 is 5.73 Å². The SMILES string of the molecule is N#CCc1ccc(N)c2sc(Cl)cc12. The highest BCUT2D eigenvalue weighted by Crippen LogP contribution is 2.35. The zero-order valence-electron chi connectivity index (χ0n) is 7.25. The third-order valence-corrected chi connectivity index (χ3v) is 3.36. The maximum absolute atomic E-state index is 8.64. The molecular formula is C10H7ClN2S. The molecule has 0 saturated heterocycles. The van der Waals surface area contributed by atoms with Gasteiger partial charge in [-0.15, -0.1) is 11.3 Å². The second kappa shape index (κ2) is 3.49. The number of hydrogen-bond donors (Lipinski definition) is 1. The fourth-order valence-electron chi connectivity index (χ4n) is 1.41. The van der Waals surface area contributed by atoms with E-state index in [0.717, 1.165) is 21.3 Å². The molecular weight excluding hydrogens is 216 g/mol. The van der Waals surface area contributed by atoms with Crippen molar-refractivity contribution in [1.29, 1.82) is 5.26 Å². The molecule has 1 heterocycles. The predicted molar refractivity (Wildman–Crippen MR) is 60.6 cm³/mol. The Labute approximate surface area is 90.5 Å². The molecule has 1 aromatic carbocycles. The minimum absolute atomic E-state index is 0.393. The first-order valence-electron chi connectivity index (χ1n) is 4.05. The Balaban J connectivity index is 2.75. The highest BCUT2D eigenvalue weighted by molar-refractivity contribution is 7.23. The van der Waals surface area contributed by atoms with Crippen LogP contribution in [0.1, 0.15) is 5.56 Å². The van der Waals surface area contributed by atoms with Crippen molar-refractivity contribution in [3.8, 4) is 6.07 Å². The molecule has 0 spiro atoms. The molecule has 2 nitrogen and oxygen atoms in total. The van der Waals surface area contributed by atoms with Crippen molar-refractivity contribution in [2.24, 2.45) is 0 Å². The number of thiophene rings is 1. The number of nitrogen functional groups attached to an aromatic ring is 1. The highest BCUT2D eigenvalue weighted by atomic mass is 35.5. The number of anilines is 1. The van der Waals surface area contributed by atoms with E-state index in [2.05, 4.69) is 6.07 Å². The zero-order chi connectivity index (χ0) is 10.1. The van der Waals surface area contributed by atoms with Crippen LogP contribution in [0.3, 0.4) is 0 Å². The van der Waals surface area contributed by atoms with Crippen LogP contribution in [0.15, 0.2) is 18.2 Å². The minimum Gasteiger partial charge on any atom is -0.398 e. The lowest BCUT2D eigenvalue weighted by Gasteiger charge is -1.99. The Hall–Kier alpha value is -1.24. The average molecular weight is 223 g/mol. The number of rotatable bonds is 1. The van der Waals surface area contributed by atoms with Gasteiger partial charge in [0.05, 0.1) is 21.5 Å². The maximum atomic E-state index is 8.64. The standard InChI is InChI=1S/C10H7ClN2S/c11-9-5-7-6(3-4-12)1-2-8(13)10(7)14-9/h1-2,5H,3,13H2. The molecule has 0 amide bonds. The summed E-state index contributed by atoms with van der Waals surface area (Å²) >= 11 is 7.36. The number of nitriles is 1. The van der Waals surface area contributed by atoms with Crippen molar-refractivity contribution in [3.05, 3.63) is 28.1 Å².